The summed E-state index contributed by atoms with van der Waals surface area (Å²) in [5.74, 6) is 0.722. The van der Waals surface area contributed by atoms with Crippen molar-refractivity contribution in [2.45, 2.75) is 6.61 Å². The summed E-state index contributed by atoms with van der Waals surface area (Å²) in [6.45, 7) is 0.00177. The van der Waals surface area contributed by atoms with Crippen molar-refractivity contribution in [3.05, 3.63) is 60.2 Å². The Hall–Kier alpha value is -2.39. The first kappa shape index (κ1) is 12.6. The van der Waals surface area contributed by atoms with E-state index in [1.807, 2.05) is 48.5 Å². The molecule has 0 fully saturated rings. The molecule has 3 rings (SSSR count). The highest BCUT2D eigenvalue weighted by Crippen LogP contribution is 2.30. The molecule has 0 aliphatic rings. The van der Waals surface area contributed by atoms with Crippen molar-refractivity contribution in [1.82, 2.24) is 4.98 Å². The molecular formula is C17H15NO2. The Morgan fingerprint density at radius 1 is 1.05 bits per heavy atom. The minimum atomic E-state index is 0.00177. The number of para-hydroxylation sites is 1. The molecule has 2 aromatic carbocycles. The van der Waals surface area contributed by atoms with Gasteiger partial charge in [0.1, 0.15) is 5.75 Å². The maximum Gasteiger partial charge on any atom is 0.128 e. The van der Waals surface area contributed by atoms with Gasteiger partial charge in [-0.15, -0.1) is 0 Å². The minimum absolute atomic E-state index is 0.00177. The Labute approximate surface area is 117 Å². The monoisotopic (exact) mass is 265 g/mol. The summed E-state index contributed by atoms with van der Waals surface area (Å²) in [5.41, 5.74) is 3.57. The van der Waals surface area contributed by atoms with Crippen LogP contribution in [0.3, 0.4) is 0 Å². The Kier molecular flexibility index (Phi) is 3.35. The molecule has 0 amide bonds. The summed E-state index contributed by atoms with van der Waals surface area (Å²) >= 11 is 0. The average molecular weight is 265 g/mol. The minimum Gasteiger partial charge on any atom is -0.496 e. The molecule has 0 saturated heterocycles. The highest BCUT2D eigenvalue weighted by Gasteiger charge is 2.08. The van der Waals surface area contributed by atoms with Gasteiger partial charge in [-0.1, -0.05) is 30.3 Å². The number of benzene rings is 2. The number of methoxy groups -OCH3 is 1. The van der Waals surface area contributed by atoms with Gasteiger partial charge in [0.15, 0.2) is 0 Å². The second-order valence-electron chi connectivity index (χ2n) is 4.58. The van der Waals surface area contributed by atoms with Crippen LogP contribution in [0.2, 0.25) is 0 Å². The summed E-state index contributed by atoms with van der Waals surface area (Å²) in [4.78, 5) is 4.67. The largest absolute Gasteiger partial charge is 0.496 e. The molecule has 3 heteroatoms. The number of nitrogens with zero attached hydrogens (tertiary/aromatic N) is 1. The number of aromatic nitrogens is 1. The van der Waals surface area contributed by atoms with E-state index in [1.54, 1.807) is 7.11 Å². The number of ether oxygens (including phenoxy) is 1. The average Bonchev–Trinajstić information content (AvgIpc) is 2.53. The van der Waals surface area contributed by atoms with Crippen molar-refractivity contribution in [3.8, 4) is 17.0 Å². The summed E-state index contributed by atoms with van der Waals surface area (Å²) in [6, 6.07) is 17.7. The number of aliphatic hydroxyl groups excluding tert-OH is 1. The van der Waals surface area contributed by atoms with Gasteiger partial charge in [-0.3, -0.25) is 0 Å². The van der Waals surface area contributed by atoms with E-state index in [2.05, 4.69) is 11.1 Å². The molecule has 0 saturated carbocycles. The molecule has 1 N–H and O–H groups in total. The fourth-order valence-corrected chi connectivity index (χ4v) is 2.26. The second-order valence-corrected chi connectivity index (χ2v) is 4.58. The van der Waals surface area contributed by atoms with Crippen LogP contribution in [0, 0.1) is 0 Å². The van der Waals surface area contributed by atoms with Gasteiger partial charge in [-0.05, 0) is 29.8 Å². The van der Waals surface area contributed by atoms with E-state index in [-0.39, 0.29) is 6.61 Å². The topological polar surface area (TPSA) is 42.4 Å². The van der Waals surface area contributed by atoms with Gasteiger partial charge in [0.2, 0.25) is 0 Å². The summed E-state index contributed by atoms with van der Waals surface area (Å²) in [7, 11) is 1.63. The molecule has 100 valence electrons. The summed E-state index contributed by atoms with van der Waals surface area (Å²) < 4.78 is 5.40. The zero-order chi connectivity index (χ0) is 13.9. The van der Waals surface area contributed by atoms with Crippen molar-refractivity contribution in [1.29, 1.82) is 0 Å². The van der Waals surface area contributed by atoms with Gasteiger partial charge in [0.25, 0.3) is 0 Å². The first-order chi connectivity index (χ1) is 9.81. The van der Waals surface area contributed by atoms with Crippen molar-refractivity contribution in [2.75, 3.05) is 7.11 Å². The molecule has 0 bridgehead atoms. The number of fused-ring (bicyclic) bond motifs is 1. The lowest BCUT2D eigenvalue weighted by Gasteiger charge is -2.10. The normalized spacial score (nSPS) is 10.7. The van der Waals surface area contributed by atoms with E-state index < -0.39 is 0 Å². The highest BCUT2D eigenvalue weighted by atomic mass is 16.5. The van der Waals surface area contributed by atoms with Gasteiger partial charge in [-0.2, -0.15) is 0 Å². The highest BCUT2D eigenvalue weighted by molar-refractivity contribution is 5.82. The van der Waals surface area contributed by atoms with Gasteiger partial charge in [0.05, 0.1) is 24.9 Å². The van der Waals surface area contributed by atoms with Crippen molar-refractivity contribution in [2.24, 2.45) is 0 Å². The predicted octanol–water partition coefficient (Wildman–Crippen LogP) is 3.40. The molecule has 1 heterocycles. The SMILES string of the molecule is COc1cc(CO)ccc1-c1ccc2ccccc2n1. The van der Waals surface area contributed by atoms with Gasteiger partial charge in [0, 0.05) is 10.9 Å². The fourth-order valence-electron chi connectivity index (χ4n) is 2.26. The van der Waals surface area contributed by atoms with Crippen LogP contribution in [-0.2, 0) is 6.61 Å². The fraction of sp³-hybridized carbons (Fsp3) is 0.118. The first-order valence-electron chi connectivity index (χ1n) is 6.46. The van der Waals surface area contributed by atoms with Crippen molar-refractivity contribution < 1.29 is 9.84 Å². The maximum atomic E-state index is 9.19. The van der Waals surface area contributed by atoms with E-state index in [0.717, 1.165) is 33.5 Å². The Morgan fingerprint density at radius 3 is 2.70 bits per heavy atom. The Morgan fingerprint density at radius 2 is 1.90 bits per heavy atom. The summed E-state index contributed by atoms with van der Waals surface area (Å²) in [6.07, 6.45) is 0. The summed E-state index contributed by atoms with van der Waals surface area (Å²) in [5, 5.41) is 10.3. The molecule has 3 nitrogen and oxygen atoms in total. The third-order valence-electron chi connectivity index (χ3n) is 3.32. The Balaban J connectivity index is 2.14. The lowest BCUT2D eigenvalue weighted by Crippen LogP contribution is -1.93. The van der Waals surface area contributed by atoms with E-state index in [4.69, 9.17) is 4.74 Å². The molecule has 0 radical (unpaired) electrons. The number of rotatable bonds is 3. The van der Waals surface area contributed by atoms with E-state index in [1.165, 1.54) is 0 Å². The van der Waals surface area contributed by atoms with Crippen LogP contribution in [0.1, 0.15) is 5.56 Å². The van der Waals surface area contributed by atoms with E-state index >= 15 is 0 Å². The lowest BCUT2D eigenvalue weighted by atomic mass is 10.1. The quantitative estimate of drug-likeness (QED) is 0.789. The number of hydrogen-bond donors (Lipinski definition) is 1. The van der Waals surface area contributed by atoms with Crippen LogP contribution in [0.25, 0.3) is 22.2 Å². The zero-order valence-corrected chi connectivity index (χ0v) is 11.2. The van der Waals surface area contributed by atoms with Crippen LogP contribution < -0.4 is 4.74 Å². The third-order valence-corrected chi connectivity index (χ3v) is 3.32. The van der Waals surface area contributed by atoms with Crippen LogP contribution in [0.4, 0.5) is 0 Å². The predicted molar refractivity (Wildman–Crippen MR) is 79.7 cm³/mol. The van der Waals surface area contributed by atoms with Crippen LogP contribution in [0.15, 0.2) is 54.6 Å². The first-order valence-corrected chi connectivity index (χ1v) is 6.46. The van der Waals surface area contributed by atoms with Crippen molar-refractivity contribution in [3.63, 3.8) is 0 Å². The molecule has 0 atom stereocenters. The molecule has 3 aromatic rings. The van der Waals surface area contributed by atoms with Crippen molar-refractivity contribution >= 4 is 10.9 Å². The second kappa shape index (κ2) is 5.31. The van der Waals surface area contributed by atoms with E-state index in [0.29, 0.717) is 0 Å². The van der Waals surface area contributed by atoms with E-state index in [9.17, 15) is 5.11 Å². The number of hydrogen-bond acceptors (Lipinski definition) is 3. The molecular weight excluding hydrogens is 250 g/mol. The molecule has 0 unspecified atom stereocenters. The van der Waals surface area contributed by atoms with Gasteiger partial charge >= 0.3 is 0 Å². The zero-order valence-electron chi connectivity index (χ0n) is 11.2. The van der Waals surface area contributed by atoms with Gasteiger partial charge < -0.3 is 9.84 Å². The van der Waals surface area contributed by atoms with Crippen LogP contribution >= 0.6 is 0 Å². The molecule has 1 aromatic heterocycles. The number of pyridine rings is 1. The smallest absolute Gasteiger partial charge is 0.128 e. The van der Waals surface area contributed by atoms with Gasteiger partial charge in [-0.25, -0.2) is 4.98 Å². The number of aliphatic hydroxyl groups is 1. The lowest BCUT2D eigenvalue weighted by molar-refractivity contribution is 0.281. The molecule has 0 aliphatic carbocycles. The molecule has 0 aliphatic heterocycles. The third kappa shape index (κ3) is 2.24. The molecule has 0 spiro atoms. The van der Waals surface area contributed by atoms with Crippen LogP contribution in [0.5, 0.6) is 5.75 Å². The maximum absolute atomic E-state index is 9.19. The Bertz CT molecular complexity index is 753. The standard InChI is InChI=1S/C17H15NO2/c1-20-17-10-12(11-19)6-8-14(17)16-9-7-13-4-2-3-5-15(13)18-16/h2-10,19H,11H2,1H3. The van der Waals surface area contributed by atoms with Crippen LogP contribution in [-0.4, -0.2) is 17.2 Å². The molecule has 20 heavy (non-hydrogen) atoms.